The standard InChI is InChI=1S/C20H39O4P/c1-3-5-7-9-11-13-15-17-19-23-25(21,22)24-20-18-16-14-12-10-8-6-4-2/h17-20H,3-16H2,1-2H3,(H,21,22). The molecule has 0 heterocycles. The van der Waals surface area contributed by atoms with Crippen LogP contribution in [0.3, 0.4) is 0 Å². The molecule has 0 spiro atoms. The minimum absolute atomic E-state index is 0.861. The van der Waals surface area contributed by atoms with Crippen molar-refractivity contribution in [3.63, 3.8) is 0 Å². The maximum atomic E-state index is 11.6. The molecule has 0 amide bonds. The molecule has 0 saturated carbocycles. The van der Waals surface area contributed by atoms with Gasteiger partial charge in [0, 0.05) is 0 Å². The van der Waals surface area contributed by atoms with Gasteiger partial charge in [-0.05, 0) is 37.8 Å². The molecule has 0 saturated heterocycles. The molecule has 1 N–H and O–H groups in total. The molecule has 0 aromatic rings. The number of rotatable bonds is 18. The Hall–Kier alpha value is -0.730. The Morgan fingerprint density at radius 3 is 1.44 bits per heavy atom. The summed E-state index contributed by atoms with van der Waals surface area (Å²) in [5.41, 5.74) is 0. The normalized spacial score (nSPS) is 14.2. The quantitative estimate of drug-likeness (QED) is 0.152. The van der Waals surface area contributed by atoms with Crippen molar-refractivity contribution in [2.45, 2.75) is 104 Å². The summed E-state index contributed by atoms with van der Waals surface area (Å²) in [4.78, 5) is 9.52. The minimum atomic E-state index is -4.01. The highest BCUT2D eigenvalue weighted by Gasteiger charge is 2.19. The summed E-state index contributed by atoms with van der Waals surface area (Å²) in [6.07, 6.45) is 22.6. The first-order valence-corrected chi connectivity index (χ1v) is 11.6. The van der Waals surface area contributed by atoms with Crippen LogP contribution in [0.4, 0.5) is 0 Å². The van der Waals surface area contributed by atoms with Crippen LogP contribution in [0.5, 0.6) is 0 Å². The summed E-state index contributed by atoms with van der Waals surface area (Å²) in [6, 6.07) is 0. The van der Waals surface area contributed by atoms with Gasteiger partial charge in [-0.1, -0.05) is 78.1 Å². The fourth-order valence-electron chi connectivity index (χ4n) is 2.49. The van der Waals surface area contributed by atoms with Crippen molar-refractivity contribution in [3.8, 4) is 0 Å². The van der Waals surface area contributed by atoms with E-state index in [0.29, 0.717) is 0 Å². The van der Waals surface area contributed by atoms with E-state index in [1.807, 2.05) is 0 Å². The van der Waals surface area contributed by atoms with Crippen LogP contribution < -0.4 is 0 Å². The lowest BCUT2D eigenvalue weighted by molar-refractivity contribution is 0.243. The fraction of sp³-hybridized carbons (Fsp3) is 0.800. The molecule has 0 bridgehead atoms. The van der Waals surface area contributed by atoms with Crippen molar-refractivity contribution in [3.05, 3.63) is 24.7 Å². The van der Waals surface area contributed by atoms with Gasteiger partial charge >= 0.3 is 7.82 Å². The van der Waals surface area contributed by atoms with E-state index in [2.05, 4.69) is 13.8 Å². The van der Waals surface area contributed by atoms with Crippen molar-refractivity contribution in [2.24, 2.45) is 0 Å². The van der Waals surface area contributed by atoms with Crippen molar-refractivity contribution >= 4 is 7.82 Å². The van der Waals surface area contributed by atoms with Gasteiger partial charge in [0.15, 0.2) is 0 Å². The highest BCUT2D eigenvalue weighted by molar-refractivity contribution is 7.47. The highest BCUT2D eigenvalue weighted by atomic mass is 31.2. The van der Waals surface area contributed by atoms with Gasteiger partial charge in [-0.2, -0.15) is 0 Å². The summed E-state index contributed by atoms with van der Waals surface area (Å²) < 4.78 is 21.2. The molecule has 0 aromatic heterocycles. The first-order valence-electron chi connectivity index (χ1n) is 10.1. The fourth-order valence-corrected chi connectivity index (χ4v) is 3.02. The molecular formula is C20H39O4P. The van der Waals surface area contributed by atoms with E-state index in [1.165, 1.54) is 76.7 Å². The van der Waals surface area contributed by atoms with Crippen LogP contribution in [0.1, 0.15) is 104 Å². The number of hydrogen-bond donors (Lipinski definition) is 1. The average Bonchev–Trinajstić information content (AvgIpc) is 2.59. The number of phosphoric acid groups is 1. The molecule has 0 aliphatic carbocycles. The van der Waals surface area contributed by atoms with Crippen LogP contribution in [0.15, 0.2) is 24.7 Å². The van der Waals surface area contributed by atoms with Gasteiger partial charge in [0.25, 0.3) is 0 Å². The molecule has 5 heteroatoms. The molecular weight excluding hydrogens is 335 g/mol. The van der Waals surface area contributed by atoms with E-state index in [4.69, 9.17) is 9.05 Å². The van der Waals surface area contributed by atoms with Crippen LogP contribution in [-0.2, 0) is 13.6 Å². The molecule has 0 atom stereocenters. The maximum Gasteiger partial charge on any atom is 0.583 e. The predicted molar refractivity (Wildman–Crippen MR) is 106 cm³/mol. The zero-order valence-corrected chi connectivity index (χ0v) is 17.2. The Morgan fingerprint density at radius 2 is 1.04 bits per heavy atom. The Balaban J connectivity index is 3.57. The third-order valence-corrected chi connectivity index (χ3v) is 4.81. The molecule has 0 aromatic carbocycles. The highest BCUT2D eigenvalue weighted by Crippen LogP contribution is 2.43. The molecule has 0 aliphatic heterocycles. The van der Waals surface area contributed by atoms with Gasteiger partial charge in [-0.15, -0.1) is 0 Å². The minimum Gasteiger partial charge on any atom is -0.404 e. The van der Waals surface area contributed by atoms with Gasteiger partial charge in [0.1, 0.15) is 0 Å². The largest absolute Gasteiger partial charge is 0.583 e. The van der Waals surface area contributed by atoms with E-state index in [-0.39, 0.29) is 0 Å². The van der Waals surface area contributed by atoms with Crippen molar-refractivity contribution in [2.75, 3.05) is 0 Å². The van der Waals surface area contributed by atoms with E-state index in [9.17, 15) is 9.46 Å². The molecule has 25 heavy (non-hydrogen) atoms. The molecule has 4 nitrogen and oxygen atoms in total. The summed E-state index contributed by atoms with van der Waals surface area (Å²) in [6.45, 7) is 4.42. The SMILES string of the molecule is CCCCCCCCC=COP(=O)(O)OC=CCCCCCCCC. The molecule has 0 rings (SSSR count). The van der Waals surface area contributed by atoms with Gasteiger partial charge < -0.3 is 9.05 Å². The van der Waals surface area contributed by atoms with Gasteiger partial charge in [0.2, 0.25) is 0 Å². The van der Waals surface area contributed by atoms with Crippen LogP contribution in [0, 0.1) is 0 Å². The van der Waals surface area contributed by atoms with Crippen LogP contribution in [0.25, 0.3) is 0 Å². The van der Waals surface area contributed by atoms with Crippen LogP contribution in [0.2, 0.25) is 0 Å². The summed E-state index contributed by atoms with van der Waals surface area (Å²) >= 11 is 0. The smallest absolute Gasteiger partial charge is 0.404 e. The van der Waals surface area contributed by atoms with Gasteiger partial charge in [-0.3, -0.25) is 4.89 Å². The zero-order valence-electron chi connectivity index (χ0n) is 16.3. The maximum absolute atomic E-state index is 11.6. The van der Waals surface area contributed by atoms with E-state index < -0.39 is 7.82 Å². The molecule has 0 aliphatic rings. The Morgan fingerprint density at radius 1 is 0.680 bits per heavy atom. The van der Waals surface area contributed by atoms with Gasteiger partial charge in [0.05, 0.1) is 12.5 Å². The first-order chi connectivity index (χ1) is 12.1. The van der Waals surface area contributed by atoms with Crippen LogP contribution in [-0.4, -0.2) is 4.89 Å². The topological polar surface area (TPSA) is 55.8 Å². The second-order valence-electron chi connectivity index (χ2n) is 6.54. The third kappa shape index (κ3) is 19.4. The average molecular weight is 375 g/mol. The Labute approximate surface area is 155 Å². The van der Waals surface area contributed by atoms with E-state index in [1.54, 1.807) is 12.2 Å². The number of allylic oxidation sites excluding steroid dienone is 2. The monoisotopic (exact) mass is 374 g/mol. The Bertz CT molecular complexity index is 348. The Kier molecular flexibility index (Phi) is 17.5. The lowest BCUT2D eigenvalue weighted by Crippen LogP contribution is -1.84. The van der Waals surface area contributed by atoms with Crippen molar-refractivity contribution in [1.29, 1.82) is 0 Å². The van der Waals surface area contributed by atoms with Crippen molar-refractivity contribution < 1.29 is 18.5 Å². The van der Waals surface area contributed by atoms with Crippen LogP contribution >= 0.6 is 7.82 Å². The number of hydrogen-bond acceptors (Lipinski definition) is 3. The summed E-state index contributed by atoms with van der Waals surface area (Å²) in [5, 5.41) is 0. The van der Waals surface area contributed by atoms with Crippen molar-refractivity contribution in [1.82, 2.24) is 0 Å². The molecule has 0 radical (unpaired) electrons. The number of unbranched alkanes of at least 4 members (excludes halogenated alkanes) is 12. The lowest BCUT2D eigenvalue weighted by Gasteiger charge is -2.07. The molecule has 0 unspecified atom stereocenters. The first kappa shape index (κ1) is 24.3. The second kappa shape index (κ2) is 18.1. The summed E-state index contributed by atoms with van der Waals surface area (Å²) in [5.74, 6) is 0. The molecule has 148 valence electrons. The van der Waals surface area contributed by atoms with E-state index >= 15 is 0 Å². The van der Waals surface area contributed by atoms with E-state index in [0.717, 1.165) is 25.7 Å². The summed E-state index contributed by atoms with van der Waals surface area (Å²) in [7, 11) is -4.01. The second-order valence-corrected chi connectivity index (χ2v) is 7.89. The zero-order chi connectivity index (χ0) is 18.6. The lowest BCUT2D eigenvalue weighted by atomic mass is 10.1. The van der Waals surface area contributed by atoms with Gasteiger partial charge in [-0.25, -0.2) is 4.57 Å². The molecule has 0 fully saturated rings. The number of phosphoric ester groups is 1. The third-order valence-electron chi connectivity index (χ3n) is 4.03. The predicted octanol–water partition coefficient (Wildman–Crippen LogP) is 7.65.